The predicted octanol–water partition coefficient (Wildman–Crippen LogP) is -0.715. The van der Waals surface area contributed by atoms with E-state index in [-0.39, 0.29) is 6.54 Å². The molecule has 1 atom stereocenters. The van der Waals surface area contributed by atoms with Crippen LogP contribution in [0.4, 0.5) is 0 Å². The number of carbonyl (C=O) groups is 3. The van der Waals surface area contributed by atoms with E-state index in [0.29, 0.717) is 0 Å². The van der Waals surface area contributed by atoms with E-state index in [1.165, 1.54) is 12.0 Å². The summed E-state index contributed by atoms with van der Waals surface area (Å²) in [5.74, 6) is -1.27. The smallest absolute Gasteiger partial charge is 0.322 e. The Morgan fingerprint density at radius 3 is 2.56 bits per heavy atom. The largest absolute Gasteiger partial charge is 0.468 e. The van der Waals surface area contributed by atoms with Gasteiger partial charge >= 0.3 is 5.97 Å². The molecular weight excluding hydrogens is 212 g/mol. The molecule has 1 aliphatic rings. The molecule has 2 amide bonds. The number of rotatable bonds is 2. The number of esters is 1. The summed E-state index contributed by atoms with van der Waals surface area (Å²) >= 11 is 0. The van der Waals surface area contributed by atoms with Gasteiger partial charge in [0.2, 0.25) is 11.8 Å². The van der Waals surface area contributed by atoms with E-state index in [9.17, 15) is 14.4 Å². The minimum absolute atomic E-state index is 0.00894. The monoisotopic (exact) mass is 228 g/mol. The average Bonchev–Trinajstić information content (AvgIpc) is 2.21. The van der Waals surface area contributed by atoms with Crippen LogP contribution in [-0.2, 0) is 19.1 Å². The third-order valence-electron chi connectivity index (χ3n) is 2.85. The molecule has 0 aliphatic carbocycles. The topological polar surface area (TPSA) is 75.7 Å². The highest BCUT2D eigenvalue weighted by Crippen LogP contribution is 2.21. The second kappa shape index (κ2) is 4.21. The number of amides is 2. The van der Waals surface area contributed by atoms with Crippen molar-refractivity contribution >= 4 is 17.8 Å². The van der Waals surface area contributed by atoms with Gasteiger partial charge in [-0.3, -0.25) is 24.6 Å². The normalized spacial score (nSPS) is 22.5. The average molecular weight is 228 g/mol. The summed E-state index contributed by atoms with van der Waals surface area (Å²) in [5.41, 5.74) is -0.901. The molecule has 0 saturated carbocycles. The minimum Gasteiger partial charge on any atom is -0.468 e. The standard InChI is InChI=1S/C10H16N2O4/c1-6(8(14)16-4)12-5-7(13)11-9(15)10(12,2)3/h6H,5H2,1-4H3,(H,11,13,15). The van der Waals surface area contributed by atoms with Crippen LogP contribution in [0.3, 0.4) is 0 Å². The Morgan fingerprint density at radius 1 is 1.50 bits per heavy atom. The third-order valence-corrected chi connectivity index (χ3v) is 2.85. The third kappa shape index (κ3) is 2.06. The van der Waals surface area contributed by atoms with Crippen molar-refractivity contribution in [2.75, 3.05) is 13.7 Å². The van der Waals surface area contributed by atoms with Crippen molar-refractivity contribution in [3.63, 3.8) is 0 Å². The Morgan fingerprint density at radius 2 is 2.06 bits per heavy atom. The van der Waals surface area contributed by atoms with Gasteiger partial charge in [-0.05, 0) is 20.8 Å². The first-order valence-electron chi connectivity index (χ1n) is 4.99. The molecule has 1 heterocycles. The molecule has 1 fully saturated rings. The fraction of sp³-hybridized carbons (Fsp3) is 0.700. The molecule has 16 heavy (non-hydrogen) atoms. The number of nitrogens with one attached hydrogen (secondary N) is 1. The Balaban J connectivity index is 2.96. The number of methoxy groups -OCH3 is 1. The first kappa shape index (κ1) is 12.6. The second-order valence-corrected chi connectivity index (χ2v) is 4.26. The van der Waals surface area contributed by atoms with Crippen LogP contribution < -0.4 is 5.32 Å². The first-order valence-corrected chi connectivity index (χ1v) is 4.99. The fourth-order valence-electron chi connectivity index (χ4n) is 1.72. The van der Waals surface area contributed by atoms with Crippen LogP contribution in [0.2, 0.25) is 0 Å². The quantitative estimate of drug-likeness (QED) is 0.499. The predicted molar refractivity (Wildman–Crippen MR) is 55.4 cm³/mol. The Hall–Kier alpha value is -1.43. The lowest BCUT2D eigenvalue weighted by Crippen LogP contribution is -2.67. The second-order valence-electron chi connectivity index (χ2n) is 4.26. The zero-order chi connectivity index (χ0) is 12.5. The summed E-state index contributed by atoms with van der Waals surface area (Å²) in [7, 11) is 1.28. The van der Waals surface area contributed by atoms with Crippen molar-refractivity contribution in [1.82, 2.24) is 10.2 Å². The number of hydrogen-bond acceptors (Lipinski definition) is 5. The zero-order valence-corrected chi connectivity index (χ0v) is 9.86. The van der Waals surface area contributed by atoms with Crippen molar-refractivity contribution < 1.29 is 19.1 Å². The molecule has 90 valence electrons. The van der Waals surface area contributed by atoms with Crippen LogP contribution in [0.1, 0.15) is 20.8 Å². The Kier molecular flexibility index (Phi) is 3.32. The number of piperazine rings is 1. The van der Waals surface area contributed by atoms with Crippen molar-refractivity contribution in [3.8, 4) is 0 Å². The number of imide groups is 1. The minimum atomic E-state index is -0.901. The Labute approximate surface area is 93.9 Å². The lowest BCUT2D eigenvalue weighted by Gasteiger charge is -2.42. The lowest BCUT2D eigenvalue weighted by molar-refractivity contribution is -0.156. The molecule has 0 aromatic carbocycles. The molecular formula is C10H16N2O4. The van der Waals surface area contributed by atoms with Crippen LogP contribution in [0.15, 0.2) is 0 Å². The van der Waals surface area contributed by atoms with Crippen LogP contribution in [0, 0.1) is 0 Å². The van der Waals surface area contributed by atoms with Gasteiger partial charge in [0.05, 0.1) is 19.2 Å². The maximum Gasteiger partial charge on any atom is 0.322 e. The highest BCUT2D eigenvalue weighted by molar-refractivity contribution is 6.03. The SMILES string of the molecule is COC(=O)C(C)N1CC(=O)NC(=O)C1(C)C. The van der Waals surface area contributed by atoms with E-state index in [1.54, 1.807) is 20.8 Å². The molecule has 1 unspecified atom stereocenters. The first-order chi connectivity index (χ1) is 7.30. The van der Waals surface area contributed by atoms with E-state index in [0.717, 1.165) is 0 Å². The summed E-state index contributed by atoms with van der Waals surface area (Å²) in [4.78, 5) is 35.8. The van der Waals surface area contributed by atoms with Crippen molar-refractivity contribution in [2.45, 2.75) is 32.4 Å². The summed E-state index contributed by atoms with van der Waals surface area (Å²) in [5, 5.41) is 2.24. The highest BCUT2D eigenvalue weighted by atomic mass is 16.5. The molecule has 0 aromatic rings. The van der Waals surface area contributed by atoms with Gasteiger partial charge in [0, 0.05) is 0 Å². The van der Waals surface area contributed by atoms with Gasteiger partial charge in [-0.15, -0.1) is 0 Å². The van der Waals surface area contributed by atoms with Crippen LogP contribution in [-0.4, -0.2) is 47.9 Å². The molecule has 0 radical (unpaired) electrons. The zero-order valence-electron chi connectivity index (χ0n) is 9.86. The molecule has 1 N–H and O–H groups in total. The molecule has 6 heteroatoms. The molecule has 1 saturated heterocycles. The maximum absolute atomic E-state index is 11.6. The van der Waals surface area contributed by atoms with Gasteiger partial charge in [0.1, 0.15) is 6.04 Å². The Bertz CT molecular complexity index is 338. The summed E-state index contributed by atoms with van der Waals surface area (Å²) in [6.07, 6.45) is 0. The van der Waals surface area contributed by atoms with E-state index >= 15 is 0 Å². The molecule has 0 bridgehead atoms. The highest BCUT2D eigenvalue weighted by Gasteiger charge is 2.44. The maximum atomic E-state index is 11.6. The number of carbonyl (C=O) groups excluding carboxylic acids is 3. The van der Waals surface area contributed by atoms with Gasteiger partial charge in [0.25, 0.3) is 0 Å². The van der Waals surface area contributed by atoms with Gasteiger partial charge in [-0.1, -0.05) is 0 Å². The number of nitrogens with zero attached hydrogens (tertiary/aromatic N) is 1. The van der Waals surface area contributed by atoms with Gasteiger partial charge in [0.15, 0.2) is 0 Å². The van der Waals surface area contributed by atoms with Crippen molar-refractivity contribution in [1.29, 1.82) is 0 Å². The van der Waals surface area contributed by atoms with E-state index in [1.807, 2.05) is 0 Å². The summed E-state index contributed by atoms with van der Waals surface area (Å²) in [6.45, 7) is 4.94. The summed E-state index contributed by atoms with van der Waals surface area (Å²) < 4.78 is 4.61. The van der Waals surface area contributed by atoms with Gasteiger partial charge in [-0.25, -0.2) is 0 Å². The molecule has 0 spiro atoms. The fourth-order valence-corrected chi connectivity index (χ4v) is 1.72. The van der Waals surface area contributed by atoms with Crippen LogP contribution in [0.5, 0.6) is 0 Å². The van der Waals surface area contributed by atoms with Gasteiger partial charge < -0.3 is 4.74 Å². The van der Waals surface area contributed by atoms with E-state index in [2.05, 4.69) is 10.1 Å². The van der Waals surface area contributed by atoms with E-state index < -0.39 is 29.4 Å². The van der Waals surface area contributed by atoms with Crippen molar-refractivity contribution in [3.05, 3.63) is 0 Å². The molecule has 1 aliphatic heterocycles. The molecule has 1 rings (SSSR count). The molecule has 0 aromatic heterocycles. The number of hydrogen-bond donors (Lipinski definition) is 1. The lowest BCUT2D eigenvalue weighted by atomic mass is 9.96. The van der Waals surface area contributed by atoms with E-state index in [4.69, 9.17) is 0 Å². The summed E-state index contributed by atoms with van der Waals surface area (Å²) in [6, 6.07) is -0.630. The van der Waals surface area contributed by atoms with Crippen LogP contribution >= 0.6 is 0 Å². The van der Waals surface area contributed by atoms with Crippen molar-refractivity contribution in [2.24, 2.45) is 0 Å². The number of ether oxygens (including phenoxy) is 1. The van der Waals surface area contributed by atoms with Gasteiger partial charge in [-0.2, -0.15) is 0 Å². The molecule has 6 nitrogen and oxygen atoms in total. The van der Waals surface area contributed by atoms with Crippen LogP contribution in [0.25, 0.3) is 0 Å².